The lowest BCUT2D eigenvalue weighted by Gasteiger charge is -2.40. The molecule has 2 N–H and O–H groups in total. The molecule has 0 aliphatic carbocycles. The Morgan fingerprint density at radius 3 is 2.63 bits per heavy atom. The summed E-state index contributed by atoms with van der Waals surface area (Å²) in [6.45, 7) is 3.58. The number of aromatic nitrogens is 2. The van der Waals surface area contributed by atoms with Crippen molar-refractivity contribution in [2.24, 2.45) is 0 Å². The Kier molecular flexibility index (Phi) is 6.13. The van der Waals surface area contributed by atoms with E-state index < -0.39 is 0 Å². The molecule has 0 bridgehead atoms. The number of amides is 2. The molecular weight excluding hydrogens is 398 g/mol. The Balaban J connectivity index is 1.52. The third kappa shape index (κ3) is 4.71. The fraction of sp³-hybridized carbons (Fsp3) is 0.318. The van der Waals surface area contributed by atoms with Crippen molar-refractivity contribution in [1.82, 2.24) is 14.7 Å². The minimum atomic E-state index is -0.195. The normalized spacial score (nSPS) is 18.7. The number of nitrogens with one attached hydrogen (secondary N) is 2. The highest BCUT2D eigenvalue weighted by atomic mass is 32.1. The summed E-state index contributed by atoms with van der Waals surface area (Å²) in [4.78, 5) is 19.1. The summed E-state index contributed by atoms with van der Waals surface area (Å²) in [5.41, 5.74) is 3.22. The van der Waals surface area contributed by atoms with E-state index in [1.54, 1.807) is 7.11 Å². The van der Waals surface area contributed by atoms with Crippen LogP contribution in [0.3, 0.4) is 0 Å². The molecule has 156 valence electrons. The molecule has 1 aliphatic rings. The summed E-state index contributed by atoms with van der Waals surface area (Å²) in [6.07, 6.45) is 4.47. The Labute approximate surface area is 180 Å². The standard InChI is InChI=1S/C22H25N5O2S/c1-15-13-21(30-26-15)25-22(28)24-20-9-12-27(17-7-10-23-11-8-17)14-19(20)16-3-5-18(29-2)6-4-16/h3-8,10-11,13,19-20H,9,12,14H2,1-2H3,(H2,24,25,28)/t19?,20-/m1/s1. The summed E-state index contributed by atoms with van der Waals surface area (Å²) in [7, 11) is 1.66. The van der Waals surface area contributed by atoms with Gasteiger partial charge in [-0.05, 0) is 60.8 Å². The van der Waals surface area contributed by atoms with Gasteiger partial charge in [-0.2, -0.15) is 4.37 Å². The first-order valence-electron chi connectivity index (χ1n) is 9.92. The summed E-state index contributed by atoms with van der Waals surface area (Å²) in [6, 6.07) is 13.9. The van der Waals surface area contributed by atoms with Crippen LogP contribution in [0.25, 0.3) is 0 Å². The van der Waals surface area contributed by atoms with Crippen LogP contribution in [0, 0.1) is 6.92 Å². The molecule has 1 unspecified atom stereocenters. The molecule has 7 nitrogen and oxygen atoms in total. The molecule has 3 aromatic rings. The van der Waals surface area contributed by atoms with Crippen molar-refractivity contribution >= 4 is 28.3 Å². The average Bonchev–Trinajstić information content (AvgIpc) is 3.19. The van der Waals surface area contributed by atoms with E-state index in [1.807, 2.05) is 49.6 Å². The maximum atomic E-state index is 12.6. The van der Waals surface area contributed by atoms with Crippen molar-refractivity contribution in [1.29, 1.82) is 0 Å². The smallest absolute Gasteiger partial charge is 0.320 e. The fourth-order valence-electron chi connectivity index (χ4n) is 3.84. The monoisotopic (exact) mass is 423 g/mol. The second kappa shape index (κ2) is 9.13. The van der Waals surface area contributed by atoms with Crippen LogP contribution in [0.15, 0.2) is 54.9 Å². The van der Waals surface area contributed by atoms with Crippen LogP contribution < -0.4 is 20.3 Å². The van der Waals surface area contributed by atoms with E-state index in [9.17, 15) is 4.79 Å². The number of nitrogens with zero attached hydrogens (tertiary/aromatic N) is 3. The second-order valence-electron chi connectivity index (χ2n) is 7.36. The molecule has 0 saturated carbocycles. The van der Waals surface area contributed by atoms with Gasteiger partial charge in [0.05, 0.1) is 12.8 Å². The number of carbonyl (C=O) groups is 1. The zero-order chi connectivity index (χ0) is 20.9. The van der Waals surface area contributed by atoms with Gasteiger partial charge in [-0.3, -0.25) is 10.3 Å². The van der Waals surface area contributed by atoms with E-state index in [2.05, 4.69) is 37.0 Å². The molecule has 1 aromatic carbocycles. The summed E-state index contributed by atoms with van der Waals surface area (Å²) in [5, 5.41) is 6.84. The first-order valence-corrected chi connectivity index (χ1v) is 10.7. The van der Waals surface area contributed by atoms with Gasteiger partial charge in [0.1, 0.15) is 10.8 Å². The molecule has 30 heavy (non-hydrogen) atoms. The number of piperidine rings is 1. The van der Waals surface area contributed by atoms with Crippen molar-refractivity contribution in [2.45, 2.75) is 25.3 Å². The van der Waals surface area contributed by atoms with Crippen molar-refractivity contribution in [3.8, 4) is 5.75 Å². The maximum Gasteiger partial charge on any atom is 0.320 e. The summed E-state index contributed by atoms with van der Waals surface area (Å²) >= 11 is 1.29. The van der Waals surface area contributed by atoms with Gasteiger partial charge in [0.2, 0.25) is 0 Å². The number of rotatable bonds is 5. The summed E-state index contributed by atoms with van der Waals surface area (Å²) < 4.78 is 9.52. The molecule has 1 aliphatic heterocycles. The molecule has 0 radical (unpaired) electrons. The molecule has 2 atom stereocenters. The number of anilines is 2. The second-order valence-corrected chi connectivity index (χ2v) is 8.16. The Morgan fingerprint density at radius 2 is 1.97 bits per heavy atom. The van der Waals surface area contributed by atoms with Crippen molar-refractivity contribution in [3.63, 3.8) is 0 Å². The number of urea groups is 1. The molecule has 0 spiro atoms. The molecule has 4 rings (SSSR count). The van der Waals surface area contributed by atoms with Crippen molar-refractivity contribution < 1.29 is 9.53 Å². The number of ether oxygens (including phenoxy) is 1. The first-order chi connectivity index (χ1) is 14.6. The van der Waals surface area contributed by atoms with Crippen LogP contribution in [0.2, 0.25) is 0 Å². The lowest BCUT2D eigenvalue weighted by molar-refractivity contribution is 0.243. The van der Waals surface area contributed by atoms with E-state index in [0.717, 1.165) is 41.6 Å². The van der Waals surface area contributed by atoms with Gasteiger partial charge in [0.15, 0.2) is 0 Å². The van der Waals surface area contributed by atoms with Crippen LogP contribution in [0.1, 0.15) is 23.6 Å². The predicted octanol–water partition coefficient (Wildman–Crippen LogP) is 4.04. The van der Waals surface area contributed by atoms with Crippen LogP contribution in [0.4, 0.5) is 15.5 Å². The van der Waals surface area contributed by atoms with Gasteiger partial charge in [-0.15, -0.1) is 0 Å². The zero-order valence-electron chi connectivity index (χ0n) is 17.0. The highest BCUT2D eigenvalue weighted by molar-refractivity contribution is 7.10. The maximum absolute atomic E-state index is 12.6. The molecule has 8 heteroatoms. The molecule has 1 saturated heterocycles. The zero-order valence-corrected chi connectivity index (χ0v) is 17.9. The number of benzene rings is 1. The number of carbonyl (C=O) groups excluding carboxylic acids is 1. The van der Waals surface area contributed by atoms with Gasteiger partial charge >= 0.3 is 6.03 Å². The third-order valence-corrected chi connectivity index (χ3v) is 6.16. The summed E-state index contributed by atoms with van der Waals surface area (Å²) in [5.74, 6) is 0.968. The molecule has 2 aromatic heterocycles. The van der Waals surface area contributed by atoms with Gasteiger partial charge < -0.3 is 15.0 Å². The number of pyridine rings is 1. The van der Waals surface area contributed by atoms with E-state index >= 15 is 0 Å². The van der Waals surface area contributed by atoms with E-state index in [-0.39, 0.29) is 18.0 Å². The van der Waals surface area contributed by atoms with Crippen molar-refractivity contribution in [2.75, 3.05) is 30.4 Å². The quantitative estimate of drug-likeness (QED) is 0.648. The molecule has 1 fully saturated rings. The molecule has 3 heterocycles. The van der Waals surface area contributed by atoms with E-state index in [4.69, 9.17) is 4.74 Å². The number of hydrogen-bond acceptors (Lipinski definition) is 6. The Hall–Kier alpha value is -3.13. The minimum Gasteiger partial charge on any atom is -0.497 e. The van der Waals surface area contributed by atoms with Gasteiger partial charge in [-0.1, -0.05) is 12.1 Å². The molecule has 2 amide bonds. The minimum absolute atomic E-state index is 0.0190. The van der Waals surface area contributed by atoms with Crippen LogP contribution >= 0.6 is 11.5 Å². The molecular formula is C22H25N5O2S. The van der Waals surface area contributed by atoms with Gasteiger partial charge in [-0.25, -0.2) is 4.79 Å². The number of aryl methyl sites for hydroxylation is 1. The predicted molar refractivity (Wildman–Crippen MR) is 120 cm³/mol. The van der Waals surface area contributed by atoms with Crippen LogP contribution in [0.5, 0.6) is 5.75 Å². The number of methoxy groups -OCH3 is 1. The Bertz CT molecular complexity index is 977. The lowest BCUT2D eigenvalue weighted by Crippen LogP contribution is -2.50. The van der Waals surface area contributed by atoms with E-state index in [0.29, 0.717) is 0 Å². The fourth-order valence-corrected chi connectivity index (χ4v) is 4.50. The third-order valence-electron chi connectivity index (χ3n) is 5.37. The average molecular weight is 424 g/mol. The van der Waals surface area contributed by atoms with Crippen LogP contribution in [-0.2, 0) is 0 Å². The van der Waals surface area contributed by atoms with Gasteiger partial charge in [0.25, 0.3) is 0 Å². The lowest BCUT2D eigenvalue weighted by atomic mass is 9.85. The first kappa shape index (κ1) is 20.2. The largest absolute Gasteiger partial charge is 0.497 e. The van der Waals surface area contributed by atoms with Gasteiger partial charge in [0, 0.05) is 43.1 Å². The topological polar surface area (TPSA) is 79.4 Å². The van der Waals surface area contributed by atoms with Crippen molar-refractivity contribution in [3.05, 3.63) is 66.1 Å². The highest BCUT2D eigenvalue weighted by Crippen LogP contribution is 2.31. The Morgan fingerprint density at radius 1 is 1.20 bits per heavy atom. The number of hydrogen-bond donors (Lipinski definition) is 2. The highest BCUT2D eigenvalue weighted by Gasteiger charge is 2.32. The van der Waals surface area contributed by atoms with Crippen LogP contribution in [-0.4, -0.2) is 41.6 Å². The SMILES string of the molecule is COc1ccc(C2CN(c3ccncc3)CC[C@H]2NC(=O)Nc2cc(C)ns2)cc1. The van der Waals surface area contributed by atoms with E-state index in [1.165, 1.54) is 17.1 Å².